The lowest BCUT2D eigenvalue weighted by Gasteiger charge is -2.05. The van der Waals surface area contributed by atoms with Crippen molar-refractivity contribution in [3.05, 3.63) is 46.4 Å². The van der Waals surface area contributed by atoms with Crippen LogP contribution in [0.25, 0.3) is 0 Å². The zero-order valence-electron chi connectivity index (χ0n) is 10.6. The van der Waals surface area contributed by atoms with E-state index in [0.29, 0.717) is 12.1 Å². The quantitative estimate of drug-likeness (QED) is 0.733. The smallest absolute Gasteiger partial charge is 0.251 e. The summed E-state index contributed by atoms with van der Waals surface area (Å²) in [6.07, 6.45) is 4.50. The number of pyridine rings is 1. The highest BCUT2D eigenvalue weighted by Crippen LogP contribution is 1.95. The number of carbonyl (C=O) groups is 1. The van der Waals surface area contributed by atoms with Crippen molar-refractivity contribution in [2.45, 2.75) is 12.8 Å². The molecule has 0 radical (unpaired) electrons. The molecule has 2 N–H and O–H groups in total. The Bertz CT molecular complexity index is 603. The van der Waals surface area contributed by atoms with Gasteiger partial charge in [-0.25, -0.2) is 4.98 Å². The Labute approximate surface area is 109 Å². The summed E-state index contributed by atoms with van der Waals surface area (Å²) in [5, 5.41) is 9.25. The third kappa shape index (κ3) is 3.51. The van der Waals surface area contributed by atoms with Crippen molar-refractivity contribution in [3.8, 4) is 0 Å². The van der Waals surface area contributed by atoms with Gasteiger partial charge in [-0.1, -0.05) is 0 Å². The van der Waals surface area contributed by atoms with Gasteiger partial charge < -0.3 is 9.88 Å². The highest BCUT2D eigenvalue weighted by Gasteiger charge is 2.06. The fourth-order valence-electron chi connectivity index (χ4n) is 1.60. The van der Waals surface area contributed by atoms with E-state index >= 15 is 0 Å². The van der Waals surface area contributed by atoms with Crippen LogP contribution in [0.15, 0.2) is 29.5 Å². The monoisotopic (exact) mass is 261 g/mol. The van der Waals surface area contributed by atoms with Gasteiger partial charge in [0.2, 0.25) is 0 Å². The van der Waals surface area contributed by atoms with E-state index in [9.17, 15) is 9.59 Å². The molecule has 0 bridgehead atoms. The molecule has 100 valence electrons. The fraction of sp³-hybridized carbons (Fsp3) is 0.333. The molecule has 0 saturated heterocycles. The van der Waals surface area contributed by atoms with Crippen LogP contribution in [0.3, 0.4) is 0 Å². The second kappa shape index (κ2) is 5.94. The minimum absolute atomic E-state index is 0.200. The largest absolute Gasteiger partial charge is 0.352 e. The topological polar surface area (TPSA) is 92.7 Å². The zero-order valence-corrected chi connectivity index (χ0v) is 10.6. The van der Waals surface area contributed by atoms with Crippen molar-refractivity contribution >= 4 is 5.91 Å². The van der Waals surface area contributed by atoms with Crippen LogP contribution in [0, 0.1) is 0 Å². The number of H-pyrrole nitrogens is 1. The van der Waals surface area contributed by atoms with Crippen LogP contribution in [0.1, 0.15) is 22.6 Å². The van der Waals surface area contributed by atoms with Gasteiger partial charge in [-0.2, -0.15) is 5.10 Å². The molecule has 7 heteroatoms. The number of amides is 1. The summed E-state index contributed by atoms with van der Waals surface area (Å²) in [6.45, 7) is 0.523. The molecule has 0 spiro atoms. The summed E-state index contributed by atoms with van der Waals surface area (Å²) in [5.74, 6) is 0.554. The number of rotatable bonds is 5. The summed E-state index contributed by atoms with van der Waals surface area (Å²) in [6, 6.07) is 2.94. The van der Waals surface area contributed by atoms with Gasteiger partial charge in [0.1, 0.15) is 12.2 Å². The Balaban J connectivity index is 1.81. The van der Waals surface area contributed by atoms with Crippen molar-refractivity contribution < 1.29 is 4.79 Å². The number of hydrogen-bond donors (Lipinski definition) is 2. The van der Waals surface area contributed by atoms with E-state index in [4.69, 9.17) is 0 Å². The van der Waals surface area contributed by atoms with Crippen LogP contribution < -0.4 is 10.9 Å². The van der Waals surface area contributed by atoms with Gasteiger partial charge in [-0.15, -0.1) is 0 Å². The van der Waals surface area contributed by atoms with E-state index in [-0.39, 0.29) is 11.5 Å². The van der Waals surface area contributed by atoms with Crippen LogP contribution in [-0.4, -0.2) is 32.2 Å². The third-order valence-electron chi connectivity index (χ3n) is 2.71. The number of hydrogen-bond acceptors (Lipinski definition) is 4. The Kier molecular flexibility index (Phi) is 4.07. The Morgan fingerprint density at radius 1 is 1.53 bits per heavy atom. The van der Waals surface area contributed by atoms with E-state index in [1.54, 1.807) is 19.3 Å². The van der Waals surface area contributed by atoms with Crippen LogP contribution in [0.5, 0.6) is 0 Å². The van der Waals surface area contributed by atoms with Gasteiger partial charge in [0.15, 0.2) is 0 Å². The summed E-state index contributed by atoms with van der Waals surface area (Å²) < 4.78 is 1.42. The molecule has 0 aromatic carbocycles. The predicted octanol–water partition coefficient (Wildman–Crippen LogP) is -0.134. The van der Waals surface area contributed by atoms with Crippen LogP contribution in [0.2, 0.25) is 0 Å². The molecule has 2 aromatic rings. The molecule has 2 rings (SSSR count). The first-order valence-corrected chi connectivity index (χ1v) is 5.96. The SMILES string of the molecule is Cn1ccc(C(=O)NCCCc2ncn[nH]2)cc1=O. The highest BCUT2D eigenvalue weighted by molar-refractivity contribution is 5.93. The maximum atomic E-state index is 11.8. The molecule has 2 aromatic heterocycles. The van der Waals surface area contributed by atoms with Gasteiger partial charge in [0.05, 0.1) is 0 Å². The van der Waals surface area contributed by atoms with Gasteiger partial charge in [0.25, 0.3) is 11.5 Å². The minimum atomic E-state index is -0.240. The number of nitrogens with one attached hydrogen (secondary N) is 2. The molecular weight excluding hydrogens is 246 g/mol. The molecule has 0 atom stereocenters. The van der Waals surface area contributed by atoms with Crippen LogP contribution in [0.4, 0.5) is 0 Å². The minimum Gasteiger partial charge on any atom is -0.352 e. The maximum Gasteiger partial charge on any atom is 0.251 e. The van der Waals surface area contributed by atoms with Crippen molar-refractivity contribution in [2.75, 3.05) is 6.54 Å². The maximum absolute atomic E-state index is 11.8. The van der Waals surface area contributed by atoms with Crippen molar-refractivity contribution in [2.24, 2.45) is 7.05 Å². The molecule has 2 heterocycles. The van der Waals surface area contributed by atoms with E-state index in [1.165, 1.54) is 17.0 Å². The van der Waals surface area contributed by atoms with Crippen molar-refractivity contribution in [1.29, 1.82) is 0 Å². The lowest BCUT2D eigenvalue weighted by molar-refractivity contribution is 0.0953. The van der Waals surface area contributed by atoms with Gasteiger partial charge in [-0.05, 0) is 12.5 Å². The molecule has 0 aliphatic heterocycles. The number of aromatic nitrogens is 4. The Hall–Kier alpha value is -2.44. The number of nitrogens with zero attached hydrogens (tertiary/aromatic N) is 3. The lowest BCUT2D eigenvalue weighted by Crippen LogP contribution is -2.27. The van der Waals surface area contributed by atoms with Gasteiger partial charge in [-0.3, -0.25) is 14.7 Å². The molecule has 0 fully saturated rings. The van der Waals surface area contributed by atoms with Gasteiger partial charge >= 0.3 is 0 Å². The Morgan fingerprint density at radius 3 is 3.05 bits per heavy atom. The third-order valence-corrected chi connectivity index (χ3v) is 2.71. The van der Waals surface area contributed by atoms with E-state index < -0.39 is 0 Å². The highest BCUT2D eigenvalue weighted by atomic mass is 16.2. The fourth-order valence-corrected chi connectivity index (χ4v) is 1.60. The molecule has 0 unspecified atom stereocenters. The van der Waals surface area contributed by atoms with Crippen LogP contribution >= 0.6 is 0 Å². The van der Waals surface area contributed by atoms with E-state index in [0.717, 1.165) is 18.7 Å². The first-order valence-electron chi connectivity index (χ1n) is 5.96. The predicted molar refractivity (Wildman–Crippen MR) is 68.7 cm³/mol. The molecule has 1 amide bonds. The normalized spacial score (nSPS) is 10.4. The van der Waals surface area contributed by atoms with Crippen molar-refractivity contribution in [1.82, 2.24) is 25.1 Å². The number of carbonyl (C=O) groups excluding carboxylic acids is 1. The first kappa shape index (κ1) is 13.0. The summed E-state index contributed by atoms with van der Waals surface area (Å²) in [4.78, 5) is 27.2. The molecule has 7 nitrogen and oxygen atoms in total. The zero-order chi connectivity index (χ0) is 13.7. The molecule has 0 aliphatic rings. The average Bonchev–Trinajstić information content (AvgIpc) is 2.91. The summed E-state index contributed by atoms with van der Waals surface area (Å²) in [5.41, 5.74) is 0.178. The summed E-state index contributed by atoms with van der Waals surface area (Å²) >= 11 is 0. The average molecular weight is 261 g/mol. The second-order valence-electron chi connectivity index (χ2n) is 4.16. The van der Waals surface area contributed by atoms with Crippen molar-refractivity contribution in [3.63, 3.8) is 0 Å². The second-order valence-corrected chi connectivity index (χ2v) is 4.16. The molecule has 0 aliphatic carbocycles. The van der Waals surface area contributed by atoms with Crippen LogP contribution in [-0.2, 0) is 13.5 Å². The van der Waals surface area contributed by atoms with Gasteiger partial charge in [0, 0.05) is 37.8 Å². The van der Waals surface area contributed by atoms with E-state index in [2.05, 4.69) is 20.5 Å². The number of aryl methyl sites for hydroxylation is 2. The molecule has 0 saturated carbocycles. The summed E-state index contributed by atoms with van der Waals surface area (Å²) in [7, 11) is 1.64. The number of aromatic amines is 1. The van der Waals surface area contributed by atoms with E-state index in [1.807, 2.05) is 0 Å². The standard InChI is InChI=1S/C12H15N5O2/c1-17-6-4-9(7-11(17)18)12(19)13-5-2-3-10-14-8-15-16-10/h4,6-8H,2-3,5H2,1H3,(H,13,19)(H,14,15,16). The lowest BCUT2D eigenvalue weighted by atomic mass is 10.2. The molecule has 19 heavy (non-hydrogen) atoms. The molecular formula is C12H15N5O2. The Morgan fingerprint density at radius 2 is 2.37 bits per heavy atom. The first-order chi connectivity index (χ1) is 9.16.